The van der Waals surface area contributed by atoms with Crippen molar-refractivity contribution in [2.45, 2.75) is 4.90 Å². The number of phenolic OH excluding ortho intramolecular Hbond substituents is 1. The molecule has 0 unspecified atom stereocenters. The number of hydrogen-bond donors (Lipinski definition) is 2. The minimum atomic E-state index is -3.87. The van der Waals surface area contributed by atoms with Gasteiger partial charge in [0.1, 0.15) is 5.75 Å². The number of benzene rings is 2. The number of hydrogen-bond acceptors (Lipinski definition) is 4. The van der Waals surface area contributed by atoms with Gasteiger partial charge in [-0.1, -0.05) is 29.4 Å². The van der Waals surface area contributed by atoms with E-state index in [0.717, 1.165) is 0 Å². The van der Waals surface area contributed by atoms with Crippen LogP contribution in [0.3, 0.4) is 0 Å². The van der Waals surface area contributed by atoms with Crippen molar-refractivity contribution in [1.82, 2.24) is 0 Å². The van der Waals surface area contributed by atoms with E-state index >= 15 is 0 Å². The molecule has 2 rings (SSSR count). The molecule has 0 radical (unpaired) electrons. The fourth-order valence-electron chi connectivity index (χ4n) is 1.53. The van der Waals surface area contributed by atoms with Gasteiger partial charge < -0.3 is 5.11 Å². The fourth-order valence-corrected chi connectivity index (χ4v) is 2.64. The average Bonchev–Trinajstić information content (AvgIpc) is 2.42. The van der Waals surface area contributed by atoms with E-state index in [2.05, 4.69) is 14.7 Å². The van der Waals surface area contributed by atoms with E-state index < -0.39 is 10.0 Å². The van der Waals surface area contributed by atoms with Crippen LogP contribution in [0.25, 0.3) is 10.4 Å². The molecular weight excluding hydrogens is 280 g/mol. The second kappa shape index (κ2) is 5.52. The molecule has 0 spiro atoms. The summed E-state index contributed by atoms with van der Waals surface area (Å²) in [6.45, 7) is 0. The van der Waals surface area contributed by atoms with Crippen molar-refractivity contribution in [2.24, 2.45) is 5.11 Å². The standard InChI is InChI=1S/C12H10N4O3S/c13-16-14-9-4-3-5-10(8-9)20(18,19)15-11-6-1-2-7-12(11)17/h1-8,15,17H. The Bertz CT molecular complexity index is 783. The van der Waals surface area contributed by atoms with Gasteiger partial charge in [-0.15, -0.1) is 0 Å². The van der Waals surface area contributed by atoms with Gasteiger partial charge >= 0.3 is 0 Å². The summed E-state index contributed by atoms with van der Waals surface area (Å²) >= 11 is 0. The van der Waals surface area contributed by atoms with E-state index in [1.807, 2.05) is 0 Å². The fraction of sp³-hybridized carbons (Fsp3) is 0. The number of sulfonamides is 1. The zero-order valence-corrected chi connectivity index (χ0v) is 10.9. The van der Waals surface area contributed by atoms with Gasteiger partial charge in [-0.2, -0.15) is 0 Å². The molecule has 0 aliphatic rings. The summed E-state index contributed by atoms with van der Waals surface area (Å²) in [5, 5.41) is 12.9. The molecule has 2 N–H and O–H groups in total. The molecule has 0 saturated heterocycles. The molecule has 0 heterocycles. The lowest BCUT2D eigenvalue weighted by Gasteiger charge is -2.09. The second-order valence-corrected chi connectivity index (χ2v) is 5.49. The van der Waals surface area contributed by atoms with Crippen LogP contribution < -0.4 is 4.72 Å². The van der Waals surface area contributed by atoms with Crippen LogP contribution in [0, 0.1) is 0 Å². The van der Waals surface area contributed by atoms with Gasteiger partial charge in [0.15, 0.2) is 0 Å². The molecule has 0 fully saturated rings. The van der Waals surface area contributed by atoms with Gasteiger partial charge in [-0.25, -0.2) is 8.42 Å². The molecule has 0 saturated carbocycles. The summed E-state index contributed by atoms with van der Waals surface area (Å²) in [7, 11) is -3.87. The highest BCUT2D eigenvalue weighted by molar-refractivity contribution is 7.92. The van der Waals surface area contributed by atoms with E-state index in [-0.39, 0.29) is 22.0 Å². The van der Waals surface area contributed by atoms with E-state index in [1.54, 1.807) is 12.1 Å². The SMILES string of the molecule is [N-]=[N+]=Nc1cccc(S(=O)(=O)Nc2ccccc2O)c1. The molecule has 0 aliphatic heterocycles. The average molecular weight is 290 g/mol. The van der Waals surface area contributed by atoms with E-state index in [1.165, 1.54) is 36.4 Å². The normalized spacial score (nSPS) is 10.6. The Labute approximate surface area is 115 Å². The zero-order valence-electron chi connectivity index (χ0n) is 10.1. The van der Waals surface area contributed by atoms with Crippen LogP contribution in [-0.2, 0) is 10.0 Å². The Morgan fingerprint density at radius 3 is 2.60 bits per heavy atom. The maximum Gasteiger partial charge on any atom is 0.262 e. The summed E-state index contributed by atoms with van der Waals surface area (Å²) in [5.41, 5.74) is 8.60. The molecule has 8 heteroatoms. The number of azide groups is 1. The smallest absolute Gasteiger partial charge is 0.262 e. The van der Waals surface area contributed by atoms with Crippen molar-refractivity contribution in [3.05, 3.63) is 59.0 Å². The summed E-state index contributed by atoms with van der Waals surface area (Å²) in [4.78, 5) is 2.53. The largest absolute Gasteiger partial charge is 0.506 e. The van der Waals surface area contributed by atoms with Crippen LogP contribution in [0.2, 0.25) is 0 Å². The van der Waals surface area contributed by atoms with Gasteiger partial charge in [0.2, 0.25) is 0 Å². The van der Waals surface area contributed by atoms with E-state index in [9.17, 15) is 13.5 Å². The summed E-state index contributed by atoms with van der Waals surface area (Å²) in [5.74, 6) is -0.178. The Kier molecular flexibility index (Phi) is 3.79. The maximum absolute atomic E-state index is 12.2. The molecule has 7 nitrogen and oxygen atoms in total. The van der Waals surface area contributed by atoms with Gasteiger partial charge in [0.05, 0.1) is 10.6 Å². The third kappa shape index (κ3) is 3.00. The Balaban J connectivity index is 2.38. The predicted octanol–water partition coefficient (Wildman–Crippen LogP) is 3.13. The van der Waals surface area contributed by atoms with E-state index in [4.69, 9.17) is 5.53 Å². The Hall–Kier alpha value is -2.70. The van der Waals surface area contributed by atoms with Crippen LogP contribution in [0.15, 0.2) is 58.5 Å². The molecular formula is C12H10N4O3S. The molecule has 0 aromatic heterocycles. The van der Waals surface area contributed by atoms with Gasteiger partial charge in [-0.3, -0.25) is 4.72 Å². The van der Waals surface area contributed by atoms with Crippen molar-refractivity contribution in [2.75, 3.05) is 4.72 Å². The van der Waals surface area contributed by atoms with Crippen LogP contribution in [-0.4, -0.2) is 13.5 Å². The van der Waals surface area contributed by atoms with Crippen molar-refractivity contribution < 1.29 is 13.5 Å². The van der Waals surface area contributed by atoms with E-state index in [0.29, 0.717) is 0 Å². The Morgan fingerprint density at radius 2 is 1.90 bits per heavy atom. The third-order valence-electron chi connectivity index (χ3n) is 2.44. The number of nitrogens with one attached hydrogen (secondary N) is 1. The van der Waals surface area contributed by atoms with Crippen molar-refractivity contribution >= 4 is 21.4 Å². The van der Waals surface area contributed by atoms with Crippen molar-refractivity contribution in [1.29, 1.82) is 0 Å². The molecule has 0 bridgehead atoms. The number of anilines is 1. The molecule has 20 heavy (non-hydrogen) atoms. The number of rotatable bonds is 4. The van der Waals surface area contributed by atoms with Gasteiger partial charge in [0, 0.05) is 10.6 Å². The van der Waals surface area contributed by atoms with Crippen LogP contribution >= 0.6 is 0 Å². The first-order chi connectivity index (χ1) is 9.53. The van der Waals surface area contributed by atoms with Gasteiger partial charge in [0.25, 0.3) is 10.0 Å². The van der Waals surface area contributed by atoms with Crippen LogP contribution in [0.1, 0.15) is 0 Å². The lowest BCUT2D eigenvalue weighted by atomic mass is 10.3. The highest BCUT2D eigenvalue weighted by atomic mass is 32.2. The van der Waals surface area contributed by atoms with Crippen LogP contribution in [0.5, 0.6) is 5.75 Å². The lowest BCUT2D eigenvalue weighted by molar-refractivity contribution is 0.477. The highest BCUT2D eigenvalue weighted by Crippen LogP contribution is 2.26. The first kappa shape index (κ1) is 13.7. The highest BCUT2D eigenvalue weighted by Gasteiger charge is 2.15. The second-order valence-electron chi connectivity index (χ2n) is 3.81. The summed E-state index contributed by atoms with van der Waals surface area (Å²) in [6.07, 6.45) is 0. The maximum atomic E-state index is 12.2. The number of aromatic hydroxyl groups is 1. The molecule has 0 aliphatic carbocycles. The van der Waals surface area contributed by atoms with Crippen molar-refractivity contribution in [3.8, 4) is 5.75 Å². The molecule has 0 amide bonds. The third-order valence-corrected chi connectivity index (χ3v) is 3.80. The summed E-state index contributed by atoms with van der Waals surface area (Å²) in [6, 6.07) is 11.5. The molecule has 102 valence electrons. The minimum Gasteiger partial charge on any atom is -0.506 e. The number of para-hydroxylation sites is 2. The summed E-state index contributed by atoms with van der Waals surface area (Å²) < 4.78 is 26.6. The number of nitrogens with zero attached hydrogens (tertiary/aromatic N) is 3. The van der Waals surface area contributed by atoms with Crippen molar-refractivity contribution in [3.63, 3.8) is 0 Å². The Morgan fingerprint density at radius 1 is 1.15 bits per heavy atom. The topological polar surface area (TPSA) is 115 Å². The number of phenols is 1. The quantitative estimate of drug-likeness (QED) is 0.390. The lowest BCUT2D eigenvalue weighted by Crippen LogP contribution is -2.12. The molecule has 2 aromatic rings. The minimum absolute atomic E-state index is 0.0642. The predicted molar refractivity (Wildman–Crippen MR) is 74.2 cm³/mol. The zero-order chi connectivity index (χ0) is 14.6. The van der Waals surface area contributed by atoms with Gasteiger partial charge in [-0.05, 0) is 29.8 Å². The monoisotopic (exact) mass is 290 g/mol. The molecule has 2 aromatic carbocycles. The first-order valence-corrected chi connectivity index (χ1v) is 6.97. The first-order valence-electron chi connectivity index (χ1n) is 5.49. The molecule has 0 atom stereocenters. The van der Waals surface area contributed by atoms with Crippen LogP contribution in [0.4, 0.5) is 11.4 Å².